The summed E-state index contributed by atoms with van der Waals surface area (Å²) in [6, 6.07) is 10.9. The van der Waals surface area contributed by atoms with Gasteiger partial charge in [0.15, 0.2) is 0 Å². The van der Waals surface area contributed by atoms with Crippen LogP contribution in [0.25, 0.3) is 0 Å². The molecule has 19 heavy (non-hydrogen) atoms. The minimum Gasteiger partial charge on any atom is -0.395 e. The average molecular weight is 263 g/mol. The third kappa shape index (κ3) is 3.76. The van der Waals surface area contributed by atoms with E-state index in [1.165, 1.54) is 5.56 Å². The minimum absolute atomic E-state index is 0.117. The largest absolute Gasteiger partial charge is 0.395 e. The normalized spacial score (nSPS) is 21.2. The fraction of sp³-hybridized carbons (Fsp3) is 0.600. The van der Waals surface area contributed by atoms with Crippen LogP contribution in [-0.2, 0) is 0 Å². The number of benzene rings is 1. The molecule has 1 fully saturated rings. The molecule has 0 aromatic heterocycles. The van der Waals surface area contributed by atoms with Crippen molar-refractivity contribution in [3.05, 3.63) is 35.9 Å². The van der Waals surface area contributed by atoms with Gasteiger partial charge >= 0.3 is 0 Å². The molecular formula is C15H25N3O. The summed E-state index contributed by atoms with van der Waals surface area (Å²) in [7, 11) is 0. The molecular weight excluding hydrogens is 238 g/mol. The first-order chi connectivity index (χ1) is 9.22. The standard InChI is InChI=1S/C15H25N3O/c1-13(16)15(14-5-3-2-4-6-14)18-9-7-17(8-10-18)11-12-19/h2-6,13,15,19H,7-12,16H2,1H3. The highest BCUT2D eigenvalue weighted by Gasteiger charge is 2.27. The maximum atomic E-state index is 8.98. The van der Waals surface area contributed by atoms with E-state index in [9.17, 15) is 0 Å². The molecule has 1 aromatic carbocycles. The van der Waals surface area contributed by atoms with Crippen LogP contribution in [0, 0.1) is 0 Å². The zero-order chi connectivity index (χ0) is 13.7. The lowest BCUT2D eigenvalue weighted by Crippen LogP contribution is -2.51. The number of hydrogen-bond donors (Lipinski definition) is 2. The van der Waals surface area contributed by atoms with Gasteiger partial charge in [-0.25, -0.2) is 0 Å². The quantitative estimate of drug-likeness (QED) is 0.820. The molecule has 0 spiro atoms. The van der Waals surface area contributed by atoms with Crippen LogP contribution < -0.4 is 5.73 Å². The highest BCUT2D eigenvalue weighted by Crippen LogP contribution is 2.24. The van der Waals surface area contributed by atoms with Crippen molar-refractivity contribution in [1.29, 1.82) is 0 Å². The van der Waals surface area contributed by atoms with Gasteiger partial charge in [0.1, 0.15) is 0 Å². The van der Waals surface area contributed by atoms with Crippen LogP contribution in [0.5, 0.6) is 0 Å². The Labute approximate surface area is 115 Å². The summed E-state index contributed by atoms with van der Waals surface area (Å²) in [5.74, 6) is 0. The molecule has 2 rings (SSSR count). The predicted octanol–water partition coefficient (Wildman–Crippen LogP) is 0.685. The monoisotopic (exact) mass is 263 g/mol. The first-order valence-corrected chi connectivity index (χ1v) is 7.10. The number of β-amino-alcohol motifs (C(OH)–C–C–N with tert-alkyl or cyclic N) is 1. The third-order valence-electron chi connectivity index (χ3n) is 3.86. The van der Waals surface area contributed by atoms with Gasteiger partial charge in [-0.05, 0) is 12.5 Å². The molecule has 1 aliphatic rings. The average Bonchev–Trinajstić information content (AvgIpc) is 2.42. The van der Waals surface area contributed by atoms with E-state index >= 15 is 0 Å². The summed E-state index contributed by atoms with van der Waals surface area (Å²) in [5.41, 5.74) is 7.50. The summed E-state index contributed by atoms with van der Waals surface area (Å²) in [4.78, 5) is 4.77. The number of piperazine rings is 1. The Morgan fingerprint density at radius 2 is 1.79 bits per heavy atom. The first kappa shape index (κ1) is 14.5. The Morgan fingerprint density at radius 3 is 2.32 bits per heavy atom. The number of nitrogens with two attached hydrogens (primary N) is 1. The predicted molar refractivity (Wildman–Crippen MR) is 77.9 cm³/mol. The fourth-order valence-corrected chi connectivity index (χ4v) is 2.90. The van der Waals surface area contributed by atoms with Crippen LogP contribution >= 0.6 is 0 Å². The summed E-state index contributed by atoms with van der Waals surface area (Å²) in [6.07, 6.45) is 0. The fourth-order valence-electron chi connectivity index (χ4n) is 2.90. The van der Waals surface area contributed by atoms with Crippen molar-refractivity contribution in [2.45, 2.75) is 19.0 Å². The Kier molecular flexibility index (Phi) is 5.34. The van der Waals surface area contributed by atoms with Crippen LogP contribution in [-0.4, -0.2) is 60.3 Å². The van der Waals surface area contributed by atoms with Gasteiger partial charge in [-0.1, -0.05) is 30.3 Å². The Hall–Kier alpha value is -0.940. The molecule has 0 aliphatic carbocycles. The molecule has 4 nitrogen and oxygen atoms in total. The van der Waals surface area contributed by atoms with Gasteiger partial charge in [-0.2, -0.15) is 0 Å². The maximum Gasteiger partial charge on any atom is 0.0558 e. The van der Waals surface area contributed by atoms with Crippen LogP contribution in [0.15, 0.2) is 30.3 Å². The van der Waals surface area contributed by atoms with Crippen LogP contribution in [0.1, 0.15) is 18.5 Å². The summed E-state index contributed by atoms with van der Waals surface area (Å²) < 4.78 is 0. The lowest BCUT2D eigenvalue weighted by Gasteiger charge is -2.40. The van der Waals surface area contributed by atoms with E-state index in [-0.39, 0.29) is 18.7 Å². The van der Waals surface area contributed by atoms with Crippen molar-refractivity contribution < 1.29 is 5.11 Å². The van der Waals surface area contributed by atoms with Gasteiger partial charge in [-0.15, -0.1) is 0 Å². The van der Waals surface area contributed by atoms with Gasteiger partial charge in [0, 0.05) is 44.8 Å². The molecule has 1 aromatic rings. The SMILES string of the molecule is CC(N)C(c1ccccc1)N1CCN(CCO)CC1. The Morgan fingerprint density at radius 1 is 1.16 bits per heavy atom. The molecule has 2 atom stereocenters. The lowest BCUT2D eigenvalue weighted by molar-refractivity contribution is 0.0760. The molecule has 1 heterocycles. The van der Waals surface area contributed by atoms with Crippen LogP contribution in [0.3, 0.4) is 0 Å². The van der Waals surface area contributed by atoms with E-state index in [0.717, 1.165) is 32.7 Å². The Balaban J connectivity index is 2.02. The van der Waals surface area contributed by atoms with Crippen molar-refractivity contribution in [2.24, 2.45) is 5.73 Å². The minimum atomic E-state index is 0.117. The zero-order valence-electron chi connectivity index (χ0n) is 11.7. The second kappa shape index (κ2) is 7.01. The topological polar surface area (TPSA) is 52.7 Å². The van der Waals surface area contributed by atoms with Gasteiger partial charge in [0.05, 0.1) is 6.61 Å². The van der Waals surface area contributed by atoms with Gasteiger partial charge in [0.2, 0.25) is 0 Å². The van der Waals surface area contributed by atoms with E-state index < -0.39 is 0 Å². The van der Waals surface area contributed by atoms with Crippen LogP contribution in [0.2, 0.25) is 0 Å². The zero-order valence-corrected chi connectivity index (χ0v) is 11.7. The molecule has 3 N–H and O–H groups in total. The third-order valence-corrected chi connectivity index (χ3v) is 3.86. The lowest BCUT2D eigenvalue weighted by atomic mass is 9.98. The number of aliphatic hydroxyl groups is 1. The van der Waals surface area contributed by atoms with E-state index in [0.29, 0.717) is 0 Å². The summed E-state index contributed by atoms with van der Waals surface area (Å²) in [6.45, 7) is 7.16. The molecule has 0 radical (unpaired) electrons. The highest BCUT2D eigenvalue weighted by atomic mass is 16.3. The molecule has 0 amide bonds. The highest BCUT2D eigenvalue weighted by molar-refractivity contribution is 5.20. The number of hydrogen-bond acceptors (Lipinski definition) is 4. The van der Waals surface area contributed by atoms with Crippen molar-refractivity contribution in [1.82, 2.24) is 9.80 Å². The molecule has 4 heteroatoms. The Bertz CT molecular complexity index is 361. The van der Waals surface area contributed by atoms with E-state index in [2.05, 4.69) is 41.0 Å². The molecule has 0 bridgehead atoms. The van der Waals surface area contributed by atoms with Crippen LogP contribution in [0.4, 0.5) is 0 Å². The van der Waals surface area contributed by atoms with Crippen molar-refractivity contribution in [2.75, 3.05) is 39.3 Å². The maximum absolute atomic E-state index is 8.98. The van der Waals surface area contributed by atoms with E-state index in [1.54, 1.807) is 0 Å². The molecule has 1 saturated heterocycles. The van der Waals surface area contributed by atoms with Gasteiger partial charge < -0.3 is 10.8 Å². The second-order valence-electron chi connectivity index (χ2n) is 5.32. The van der Waals surface area contributed by atoms with E-state index in [4.69, 9.17) is 10.8 Å². The first-order valence-electron chi connectivity index (χ1n) is 7.10. The van der Waals surface area contributed by atoms with Crippen molar-refractivity contribution in [3.8, 4) is 0 Å². The summed E-state index contributed by atoms with van der Waals surface area (Å²) in [5, 5.41) is 8.98. The summed E-state index contributed by atoms with van der Waals surface area (Å²) >= 11 is 0. The molecule has 0 saturated carbocycles. The van der Waals surface area contributed by atoms with Gasteiger partial charge in [0.25, 0.3) is 0 Å². The number of rotatable bonds is 5. The van der Waals surface area contributed by atoms with Crippen molar-refractivity contribution >= 4 is 0 Å². The van der Waals surface area contributed by atoms with Gasteiger partial charge in [-0.3, -0.25) is 9.80 Å². The second-order valence-corrected chi connectivity index (χ2v) is 5.32. The molecule has 1 aliphatic heterocycles. The van der Waals surface area contributed by atoms with Crippen molar-refractivity contribution in [3.63, 3.8) is 0 Å². The smallest absolute Gasteiger partial charge is 0.0558 e. The molecule has 2 unspecified atom stereocenters. The van der Waals surface area contributed by atoms with E-state index in [1.807, 2.05) is 6.07 Å². The molecule has 106 valence electrons. The number of aliphatic hydroxyl groups excluding tert-OH is 1. The number of nitrogens with zero attached hydrogens (tertiary/aromatic N) is 2.